The normalized spacial score (nSPS) is 22.1. The second kappa shape index (κ2) is 7.98. The first-order valence-corrected chi connectivity index (χ1v) is 9.60. The second-order valence-corrected chi connectivity index (χ2v) is 7.12. The predicted octanol–water partition coefficient (Wildman–Crippen LogP) is 3.22. The van der Waals surface area contributed by atoms with Gasteiger partial charge < -0.3 is 10.2 Å². The first-order valence-electron chi connectivity index (χ1n) is 9.60. The molecule has 1 N–H and O–H groups in total. The van der Waals surface area contributed by atoms with Gasteiger partial charge in [0.2, 0.25) is 0 Å². The molecule has 4 heteroatoms. The number of benzene rings is 1. The van der Waals surface area contributed by atoms with Gasteiger partial charge in [-0.3, -0.25) is 4.90 Å². The number of anilines is 1. The minimum Gasteiger partial charge on any atom is -0.354 e. The number of nitrogens with zero attached hydrogens (tertiary/aromatic N) is 3. The van der Waals surface area contributed by atoms with Gasteiger partial charge in [-0.2, -0.15) is 0 Å². The highest BCUT2D eigenvalue weighted by Gasteiger charge is 2.28. The molecule has 2 fully saturated rings. The largest absolute Gasteiger partial charge is 0.354 e. The van der Waals surface area contributed by atoms with Gasteiger partial charge in [0.05, 0.1) is 0 Å². The fourth-order valence-electron chi connectivity index (χ4n) is 4.16. The Bertz CT molecular complexity index is 667. The van der Waals surface area contributed by atoms with E-state index in [1.807, 2.05) is 6.20 Å². The summed E-state index contributed by atoms with van der Waals surface area (Å²) in [7, 11) is 0. The highest BCUT2D eigenvalue weighted by molar-refractivity contribution is 5.49. The molecule has 0 aliphatic carbocycles. The molecule has 4 nitrogen and oxygen atoms in total. The van der Waals surface area contributed by atoms with Gasteiger partial charge in [-0.05, 0) is 31.0 Å². The number of hydrogen-bond acceptors (Lipinski definition) is 4. The number of nitrogens with one attached hydrogen (secondary N) is 1. The molecule has 2 aliphatic heterocycles. The molecule has 1 aromatic heterocycles. The Hall–Kier alpha value is -1.91. The van der Waals surface area contributed by atoms with E-state index in [9.17, 15) is 0 Å². The Morgan fingerprint density at radius 1 is 0.960 bits per heavy atom. The fourth-order valence-corrected chi connectivity index (χ4v) is 4.16. The lowest BCUT2D eigenvalue weighted by Crippen LogP contribution is -2.45. The molecule has 2 saturated heterocycles. The van der Waals surface area contributed by atoms with Crippen LogP contribution in [-0.4, -0.2) is 42.6 Å². The SMILES string of the molecule is c1ccc(CN2CCCCC2c2cccnc2N2CCNCC2)cc1. The van der Waals surface area contributed by atoms with Crippen molar-refractivity contribution in [1.82, 2.24) is 15.2 Å². The molecule has 132 valence electrons. The third kappa shape index (κ3) is 3.86. The molecule has 1 atom stereocenters. The summed E-state index contributed by atoms with van der Waals surface area (Å²) < 4.78 is 0. The molecule has 2 aliphatic rings. The Morgan fingerprint density at radius 2 is 1.80 bits per heavy atom. The van der Waals surface area contributed by atoms with Crippen LogP contribution in [-0.2, 0) is 6.54 Å². The van der Waals surface area contributed by atoms with Crippen molar-refractivity contribution in [3.8, 4) is 0 Å². The number of piperazine rings is 1. The van der Waals surface area contributed by atoms with Crippen LogP contribution in [0.2, 0.25) is 0 Å². The van der Waals surface area contributed by atoms with E-state index in [1.165, 1.54) is 42.8 Å². The van der Waals surface area contributed by atoms with E-state index in [1.54, 1.807) is 0 Å². The summed E-state index contributed by atoms with van der Waals surface area (Å²) in [6.07, 6.45) is 5.79. The minimum absolute atomic E-state index is 0.479. The summed E-state index contributed by atoms with van der Waals surface area (Å²) in [5.74, 6) is 1.20. The van der Waals surface area contributed by atoms with Crippen molar-refractivity contribution in [3.05, 3.63) is 59.8 Å². The lowest BCUT2D eigenvalue weighted by atomic mass is 9.94. The third-order valence-corrected chi connectivity index (χ3v) is 5.43. The molecule has 2 aromatic rings. The molecule has 0 spiro atoms. The monoisotopic (exact) mass is 336 g/mol. The van der Waals surface area contributed by atoms with Crippen LogP contribution in [0.1, 0.15) is 36.4 Å². The first-order chi connectivity index (χ1) is 12.4. The Morgan fingerprint density at radius 3 is 2.64 bits per heavy atom. The summed E-state index contributed by atoms with van der Waals surface area (Å²) >= 11 is 0. The van der Waals surface area contributed by atoms with Gasteiger partial charge in [-0.25, -0.2) is 4.98 Å². The van der Waals surface area contributed by atoms with Crippen LogP contribution in [0, 0.1) is 0 Å². The van der Waals surface area contributed by atoms with Crippen molar-refractivity contribution < 1.29 is 0 Å². The van der Waals surface area contributed by atoms with Gasteiger partial charge in [-0.15, -0.1) is 0 Å². The Balaban J connectivity index is 1.60. The van der Waals surface area contributed by atoms with Crippen molar-refractivity contribution in [2.75, 3.05) is 37.6 Å². The molecular weight excluding hydrogens is 308 g/mol. The molecule has 0 radical (unpaired) electrons. The van der Waals surface area contributed by atoms with Crippen LogP contribution in [0.15, 0.2) is 48.7 Å². The van der Waals surface area contributed by atoms with Gasteiger partial charge >= 0.3 is 0 Å². The van der Waals surface area contributed by atoms with E-state index in [-0.39, 0.29) is 0 Å². The highest BCUT2D eigenvalue weighted by atomic mass is 15.2. The van der Waals surface area contributed by atoms with Crippen molar-refractivity contribution in [1.29, 1.82) is 0 Å². The maximum Gasteiger partial charge on any atom is 0.133 e. The molecule has 1 unspecified atom stereocenters. The first kappa shape index (κ1) is 16.6. The standard InChI is InChI=1S/C21H28N4/c1-2-7-18(8-3-1)17-25-14-5-4-10-20(25)19-9-6-11-23-21(19)24-15-12-22-13-16-24/h1-3,6-9,11,20,22H,4-5,10,12-17H2. The number of rotatable bonds is 4. The fraction of sp³-hybridized carbons (Fsp3) is 0.476. The number of hydrogen-bond donors (Lipinski definition) is 1. The van der Waals surface area contributed by atoms with Crippen LogP contribution in [0.3, 0.4) is 0 Å². The van der Waals surface area contributed by atoms with E-state index in [2.05, 4.69) is 57.6 Å². The van der Waals surface area contributed by atoms with E-state index in [0.29, 0.717) is 6.04 Å². The van der Waals surface area contributed by atoms with Crippen LogP contribution in [0.5, 0.6) is 0 Å². The van der Waals surface area contributed by atoms with Crippen LogP contribution >= 0.6 is 0 Å². The van der Waals surface area contributed by atoms with Gasteiger partial charge in [0.1, 0.15) is 5.82 Å². The minimum atomic E-state index is 0.479. The van der Waals surface area contributed by atoms with Gasteiger partial charge in [-0.1, -0.05) is 42.8 Å². The number of piperidine rings is 1. The summed E-state index contributed by atoms with van der Waals surface area (Å²) in [6, 6.07) is 15.8. The van der Waals surface area contributed by atoms with Crippen molar-refractivity contribution in [2.45, 2.75) is 31.8 Å². The molecule has 25 heavy (non-hydrogen) atoms. The summed E-state index contributed by atoms with van der Waals surface area (Å²) in [5, 5.41) is 3.45. The number of aromatic nitrogens is 1. The molecule has 1 aromatic carbocycles. The van der Waals surface area contributed by atoms with Crippen molar-refractivity contribution in [2.24, 2.45) is 0 Å². The molecule has 0 bridgehead atoms. The maximum atomic E-state index is 4.79. The molecule has 4 rings (SSSR count). The van der Waals surface area contributed by atoms with E-state index in [4.69, 9.17) is 4.98 Å². The van der Waals surface area contributed by atoms with Crippen LogP contribution in [0.25, 0.3) is 0 Å². The lowest BCUT2D eigenvalue weighted by molar-refractivity contribution is 0.140. The van der Waals surface area contributed by atoms with Crippen molar-refractivity contribution >= 4 is 5.82 Å². The summed E-state index contributed by atoms with van der Waals surface area (Å²) in [6.45, 7) is 6.41. The van der Waals surface area contributed by atoms with E-state index >= 15 is 0 Å². The van der Waals surface area contributed by atoms with Gasteiger partial charge in [0.25, 0.3) is 0 Å². The Labute approximate surface area is 150 Å². The lowest BCUT2D eigenvalue weighted by Gasteiger charge is -2.38. The third-order valence-electron chi connectivity index (χ3n) is 5.43. The molecule has 3 heterocycles. The average Bonchev–Trinajstić information content (AvgIpc) is 2.70. The maximum absolute atomic E-state index is 4.79. The topological polar surface area (TPSA) is 31.4 Å². The zero-order valence-electron chi connectivity index (χ0n) is 14.9. The summed E-state index contributed by atoms with van der Waals surface area (Å²) in [5.41, 5.74) is 2.82. The second-order valence-electron chi connectivity index (χ2n) is 7.12. The van der Waals surface area contributed by atoms with E-state index < -0.39 is 0 Å². The summed E-state index contributed by atoms with van der Waals surface area (Å²) in [4.78, 5) is 9.90. The number of likely N-dealkylation sites (tertiary alicyclic amines) is 1. The molecule has 0 saturated carbocycles. The Kier molecular flexibility index (Phi) is 5.28. The zero-order chi connectivity index (χ0) is 16.9. The van der Waals surface area contributed by atoms with Gasteiger partial charge in [0, 0.05) is 50.5 Å². The van der Waals surface area contributed by atoms with Crippen LogP contribution < -0.4 is 10.2 Å². The molecular formula is C21H28N4. The van der Waals surface area contributed by atoms with E-state index in [0.717, 1.165) is 32.7 Å². The quantitative estimate of drug-likeness (QED) is 0.929. The average molecular weight is 336 g/mol. The van der Waals surface area contributed by atoms with Crippen molar-refractivity contribution in [3.63, 3.8) is 0 Å². The predicted molar refractivity (Wildman–Crippen MR) is 103 cm³/mol. The molecule has 0 amide bonds. The number of pyridine rings is 1. The zero-order valence-corrected chi connectivity index (χ0v) is 14.9. The highest BCUT2D eigenvalue weighted by Crippen LogP contribution is 2.36. The van der Waals surface area contributed by atoms with Gasteiger partial charge in [0.15, 0.2) is 0 Å². The van der Waals surface area contributed by atoms with Crippen LogP contribution in [0.4, 0.5) is 5.82 Å². The smallest absolute Gasteiger partial charge is 0.133 e.